The first-order chi connectivity index (χ1) is 8.12. The molecule has 5 heteroatoms. The summed E-state index contributed by atoms with van der Waals surface area (Å²) >= 11 is 1.31. The first kappa shape index (κ1) is 13.5. The Morgan fingerprint density at radius 3 is 2.71 bits per heavy atom. The van der Waals surface area contributed by atoms with Gasteiger partial charge in [-0.2, -0.15) is 5.26 Å². The minimum absolute atomic E-state index is 0.248. The van der Waals surface area contributed by atoms with Crippen molar-refractivity contribution in [3.05, 3.63) is 16.3 Å². The molecule has 1 amide bonds. The topological polar surface area (TPSA) is 62.1 Å². The molecule has 0 aliphatic rings. The normalized spacial score (nSPS) is 10.7. The molecule has 0 bridgehead atoms. The lowest BCUT2D eigenvalue weighted by Gasteiger charge is -2.24. The molecule has 1 rings (SSSR count). The highest BCUT2D eigenvalue weighted by atomic mass is 32.1. The van der Waals surface area contributed by atoms with E-state index >= 15 is 0 Å². The third-order valence-electron chi connectivity index (χ3n) is 2.83. The summed E-state index contributed by atoms with van der Waals surface area (Å²) in [6.45, 7) is 3.78. The molecule has 92 valence electrons. The number of nitrogens with zero attached hydrogens (tertiary/aromatic N) is 1. The molecule has 1 heterocycles. The molecule has 0 unspecified atom stereocenters. The number of hydrogen-bond acceptors (Lipinski definition) is 4. The van der Waals surface area contributed by atoms with Crippen molar-refractivity contribution < 1.29 is 9.53 Å². The van der Waals surface area contributed by atoms with Crippen molar-refractivity contribution in [2.75, 3.05) is 7.11 Å². The molecule has 0 aliphatic carbocycles. The van der Waals surface area contributed by atoms with Crippen molar-refractivity contribution in [2.24, 2.45) is 0 Å². The summed E-state index contributed by atoms with van der Waals surface area (Å²) in [5, 5.41) is 13.7. The maximum absolute atomic E-state index is 12.0. The van der Waals surface area contributed by atoms with Gasteiger partial charge in [0, 0.05) is 0 Å². The number of thiophene rings is 1. The van der Waals surface area contributed by atoms with E-state index in [-0.39, 0.29) is 5.91 Å². The molecule has 1 aromatic heterocycles. The second-order valence-electron chi connectivity index (χ2n) is 3.67. The SMILES string of the molecule is CCC(C#N)(CC)NC(=O)c1sccc1OC. The van der Waals surface area contributed by atoms with E-state index in [4.69, 9.17) is 10.00 Å². The minimum atomic E-state index is -0.786. The molecule has 0 aromatic carbocycles. The van der Waals surface area contributed by atoms with Crippen LogP contribution in [-0.4, -0.2) is 18.6 Å². The van der Waals surface area contributed by atoms with Crippen LogP contribution in [0.1, 0.15) is 36.4 Å². The highest BCUT2D eigenvalue weighted by Gasteiger charge is 2.29. The van der Waals surface area contributed by atoms with Gasteiger partial charge < -0.3 is 10.1 Å². The van der Waals surface area contributed by atoms with Gasteiger partial charge in [-0.15, -0.1) is 11.3 Å². The standard InChI is InChI=1S/C12H16N2O2S/c1-4-12(5-2,8-13)14-11(15)10-9(16-3)6-7-17-10/h6-7H,4-5H2,1-3H3,(H,14,15). The molecule has 4 nitrogen and oxygen atoms in total. The second-order valence-corrected chi connectivity index (χ2v) is 4.59. The van der Waals surface area contributed by atoms with Crippen LogP contribution in [0.4, 0.5) is 0 Å². The van der Waals surface area contributed by atoms with Crippen LogP contribution in [0, 0.1) is 11.3 Å². The van der Waals surface area contributed by atoms with E-state index in [0.29, 0.717) is 23.5 Å². The number of nitriles is 1. The van der Waals surface area contributed by atoms with E-state index in [1.165, 1.54) is 18.4 Å². The van der Waals surface area contributed by atoms with Crippen LogP contribution in [0.25, 0.3) is 0 Å². The zero-order valence-electron chi connectivity index (χ0n) is 10.2. The van der Waals surface area contributed by atoms with E-state index in [1.807, 2.05) is 13.8 Å². The summed E-state index contributed by atoms with van der Waals surface area (Å²) in [6.07, 6.45) is 1.17. The fourth-order valence-corrected chi connectivity index (χ4v) is 2.26. The lowest BCUT2D eigenvalue weighted by atomic mass is 9.94. The monoisotopic (exact) mass is 252 g/mol. The van der Waals surface area contributed by atoms with Gasteiger partial charge in [0.15, 0.2) is 0 Å². The molecule has 0 radical (unpaired) electrons. The van der Waals surface area contributed by atoms with E-state index in [2.05, 4.69) is 11.4 Å². The smallest absolute Gasteiger partial charge is 0.266 e. The number of hydrogen-bond donors (Lipinski definition) is 1. The van der Waals surface area contributed by atoms with Crippen LogP contribution in [-0.2, 0) is 0 Å². The zero-order valence-corrected chi connectivity index (χ0v) is 11.1. The Labute approximate surface area is 105 Å². The molecule has 0 aliphatic heterocycles. The molecule has 1 aromatic rings. The van der Waals surface area contributed by atoms with E-state index in [0.717, 1.165) is 0 Å². The Balaban J connectivity index is 2.89. The highest BCUT2D eigenvalue weighted by Crippen LogP contribution is 2.25. The Morgan fingerprint density at radius 2 is 2.24 bits per heavy atom. The number of carbonyl (C=O) groups excluding carboxylic acids is 1. The third kappa shape index (κ3) is 2.77. The fourth-order valence-electron chi connectivity index (χ4n) is 1.51. The largest absolute Gasteiger partial charge is 0.495 e. The molecular formula is C12H16N2O2S. The summed E-state index contributed by atoms with van der Waals surface area (Å²) in [7, 11) is 1.52. The molecule has 0 saturated carbocycles. The lowest BCUT2D eigenvalue weighted by molar-refractivity contribution is 0.0917. The van der Waals surface area contributed by atoms with Gasteiger partial charge in [0.05, 0.1) is 13.2 Å². The summed E-state index contributed by atoms with van der Waals surface area (Å²) in [4.78, 5) is 12.6. The molecule has 0 fully saturated rings. The number of methoxy groups -OCH3 is 1. The predicted molar refractivity (Wildman–Crippen MR) is 67.3 cm³/mol. The average molecular weight is 252 g/mol. The number of nitrogens with one attached hydrogen (secondary N) is 1. The number of ether oxygens (including phenoxy) is 1. The molecule has 0 spiro atoms. The summed E-state index contributed by atoms with van der Waals surface area (Å²) in [6, 6.07) is 3.92. The second kappa shape index (κ2) is 5.69. The van der Waals surface area contributed by atoms with Crippen LogP contribution in [0.3, 0.4) is 0 Å². The third-order valence-corrected chi connectivity index (χ3v) is 3.72. The van der Waals surface area contributed by atoms with Gasteiger partial charge in [0.25, 0.3) is 5.91 Å². The number of amides is 1. The van der Waals surface area contributed by atoms with Gasteiger partial charge in [-0.3, -0.25) is 4.79 Å². The van der Waals surface area contributed by atoms with Crippen molar-refractivity contribution in [3.8, 4) is 11.8 Å². The first-order valence-corrected chi connectivity index (χ1v) is 6.35. The van der Waals surface area contributed by atoms with E-state index < -0.39 is 5.54 Å². The average Bonchev–Trinajstić information content (AvgIpc) is 2.84. The van der Waals surface area contributed by atoms with Gasteiger partial charge in [0.2, 0.25) is 0 Å². The van der Waals surface area contributed by atoms with Gasteiger partial charge in [-0.1, -0.05) is 13.8 Å². The Kier molecular flexibility index (Phi) is 4.53. The van der Waals surface area contributed by atoms with E-state index in [1.54, 1.807) is 11.4 Å². The van der Waals surface area contributed by atoms with Crippen molar-refractivity contribution in [2.45, 2.75) is 32.2 Å². The highest BCUT2D eigenvalue weighted by molar-refractivity contribution is 7.12. The van der Waals surface area contributed by atoms with Crippen molar-refractivity contribution in [1.29, 1.82) is 5.26 Å². The number of rotatable bonds is 5. The van der Waals surface area contributed by atoms with Crippen LogP contribution >= 0.6 is 11.3 Å². The predicted octanol–water partition coefficient (Wildman–Crippen LogP) is 2.57. The molecular weight excluding hydrogens is 236 g/mol. The maximum atomic E-state index is 12.0. The fraction of sp³-hybridized carbons (Fsp3) is 0.500. The van der Waals surface area contributed by atoms with Gasteiger partial charge in [0.1, 0.15) is 16.2 Å². The Morgan fingerprint density at radius 1 is 1.59 bits per heavy atom. The summed E-state index contributed by atoms with van der Waals surface area (Å²) in [5.41, 5.74) is -0.786. The Bertz CT molecular complexity index is 430. The quantitative estimate of drug-likeness (QED) is 0.876. The molecule has 17 heavy (non-hydrogen) atoms. The van der Waals surface area contributed by atoms with Crippen LogP contribution in [0.15, 0.2) is 11.4 Å². The van der Waals surface area contributed by atoms with Crippen molar-refractivity contribution >= 4 is 17.2 Å². The minimum Gasteiger partial charge on any atom is -0.495 e. The van der Waals surface area contributed by atoms with Crippen molar-refractivity contribution in [3.63, 3.8) is 0 Å². The number of carbonyl (C=O) groups is 1. The van der Waals surface area contributed by atoms with Gasteiger partial charge in [-0.25, -0.2) is 0 Å². The Hall–Kier alpha value is -1.54. The molecule has 0 saturated heterocycles. The summed E-state index contributed by atoms with van der Waals surface area (Å²) in [5.74, 6) is 0.300. The maximum Gasteiger partial charge on any atom is 0.266 e. The lowest BCUT2D eigenvalue weighted by Crippen LogP contribution is -2.46. The van der Waals surface area contributed by atoms with Crippen LogP contribution in [0.2, 0.25) is 0 Å². The van der Waals surface area contributed by atoms with Crippen LogP contribution < -0.4 is 10.1 Å². The first-order valence-electron chi connectivity index (χ1n) is 5.47. The van der Waals surface area contributed by atoms with E-state index in [9.17, 15) is 4.79 Å². The van der Waals surface area contributed by atoms with Crippen LogP contribution in [0.5, 0.6) is 5.75 Å². The molecule has 1 N–H and O–H groups in total. The zero-order chi connectivity index (χ0) is 12.9. The summed E-state index contributed by atoms with van der Waals surface area (Å²) < 4.78 is 5.09. The van der Waals surface area contributed by atoms with Crippen molar-refractivity contribution in [1.82, 2.24) is 5.32 Å². The van der Waals surface area contributed by atoms with Gasteiger partial charge in [-0.05, 0) is 24.3 Å². The molecule has 0 atom stereocenters. The van der Waals surface area contributed by atoms with Gasteiger partial charge >= 0.3 is 0 Å².